The van der Waals surface area contributed by atoms with Gasteiger partial charge < -0.3 is 9.80 Å². The molecule has 108 valence electrons. The van der Waals surface area contributed by atoms with Gasteiger partial charge in [-0.2, -0.15) is 0 Å². The second kappa shape index (κ2) is 6.25. The first kappa shape index (κ1) is 13.4. The van der Waals surface area contributed by atoms with E-state index in [-0.39, 0.29) is 0 Å². The zero-order valence-corrected chi connectivity index (χ0v) is 12.0. The molecule has 0 spiro atoms. The third-order valence-corrected chi connectivity index (χ3v) is 4.60. The van der Waals surface area contributed by atoms with Gasteiger partial charge in [0.05, 0.1) is 0 Å². The molecule has 0 aromatic carbocycles. The summed E-state index contributed by atoms with van der Waals surface area (Å²) in [7, 11) is 0. The molecule has 20 heavy (non-hydrogen) atoms. The number of rotatable bonds is 3. The normalized spacial score (nSPS) is 20.4. The van der Waals surface area contributed by atoms with Crippen molar-refractivity contribution in [2.24, 2.45) is 5.92 Å². The van der Waals surface area contributed by atoms with E-state index in [9.17, 15) is 4.79 Å². The lowest BCUT2D eigenvalue weighted by atomic mass is 10.0. The van der Waals surface area contributed by atoms with Crippen LogP contribution in [0.5, 0.6) is 0 Å². The number of nitrogens with zero attached hydrogens (tertiary/aromatic N) is 3. The van der Waals surface area contributed by atoms with Gasteiger partial charge in [0.1, 0.15) is 0 Å². The number of carbonyl (C=O) groups is 1. The van der Waals surface area contributed by atoms with Gasteiger partial charge >= 0.3 is 0 Å². The van der Waals surface area contributed by atoms with Crippen molar-refractivity contribution >= 4 is 11.6 Å². The Balaban J connectivity index is 1.49. The maximum Gasteiger partial charge on any atom is 0.222 e. The minimum absolute atomic E-state index is 0.367. The van der Waals surface area contributed by atoms with Crippen LogP contribution >= 0.6 is 0 Å². The maximum absolute atomic E-state index is 12.3. The Morgan fingerprint density at radius 1 is 1.10 bits per heavy atom. The Kier molecular flexibility index (Phi) is 4.19. The predicted octanol–water partition coefficient (Wildman–Crippen LogP) is 2.31. The number of piperazine rings is 1. The molecule has 1 aliphatic carbocycles. The van der Waals surface area contributed by atoms with Crippen molar-refractivity contribution in [3.63, 3.8) is 0 Å². The molecule has 2 heterocycles. The monoisotopic (exact) mass is 273 g/mol. The summed E-state index contributed by atoms with van der Waals surface area (Å²) in [5.41, 5.74) is 1.21. The van der Waals surface area contributed by atoms with Crippen LogP contribution in [0, 0.1) is 5.92 Å². The van der Waals surface area contributed by atoms with Crippen LogP contribution in [0.1, 0.15) is 32.1 Å². The minimum Gasteiger partial charge on any atom is -0.368 e. The van der Waals surface area contributed by atoms with Crippen molar-refractivity contribution in [1.82, 2.24) is 9.88 Å². The summed E-state index contributed by atoms with van der Waals surface area (Å²) in [6, 6.07) is 4.08. The van der Waals surface area contributed by atoms with Gasteiger partial charge in [-0.3, -0.25) is 9.78 Å². The van der Waals surface area contributed by atoms with Crippen molar-refractivity contribution in [3.05, 3.63) is 24.5 Å². The molecule has 4 heteroatoms. The molecule has 0 radical (unpaired) electrons. The van der Waals surface area contributed by atoms with E-state index in [1.807, 2.05) is 24.5 Å². The topological polar surface area (TPSA) is 36.4 Å². The van der Waals surface area contributed by atoms with Crippen LogP contribution in [-0.4, -0.2) is 42.0 Å². The molecule has 1 aliphatic heterocycles. The molecule has 0 bridgehead atoms. The lowest BCUT2D eigenvalue weighted by Gasteiger charge is -2.36. The molecule has 0 atom stereocenters. The highest BCUT2D eigenvalue weighted by molar-refractivity contribution is 5.76. The number of aromatic nitrogens is 1. The van der Waals surface area contributed by atoms with E-state index in [2.05, 4.69) is 14.8 Å². The summed E-state index contributed by atoms with van der Waals surface area (Å²) < 4.78 is 0. The van der Waals surface area contributed by atoms with E-state index >= 15 is 0 Å². The number of hydrogen-bond donors (Lipinski definition) is 0. The fraction of sp³-hybridized carbons (Fsp3) is 0.625. The average molecular weight is 273 g/mol. The van der Waals surface area contributed by atoms with E-state index in [4.69, 9.17) is 0 Å². The molecule has 2 aliphatic rings. The molecule has 1 saturated carbocycles. The highest BCUT2D eigenvalue weighted by atomic mass is 16.2. The number of anilines is 1. The molecule has 1 aromatic rings. The summed E-state index contributed by atoms with van der Waals surface area (Å²) in [4.78, 5) is 20.7. The van der Waals surface area contributed by atoms with Crippen LogP contribution in [0.15, 0.2) is 24.5 Å². The average Bonchev–Trinajstić information content (AvgIpc) is 3.01. The smallest absolute Gasteiger partial charge is 0.222 e. The molecule has 1 saturated heterocycles. The molecule has 4 nitrogen and oxygen atoms in total. The quantitative estimate of drug-likeness (QED) is 0.848. The van der Waals surface area contributed by atoms with E-state index in [1.54, 1.807) is 0 Å². The second-order valence-corrected chi connectivity index (χ2v) is 5.93. The van der Waals surface area contributed by atoms with Gasteiger partial charge in [0.2, 0.25) is 5.91 Å². The van der Waals surface area contributed by atoms with Crippen molar-refractivity contribution in [2.75, 3.05) is 31.1 Å². The largest absolute Gasteiger partial charge is 0.368 e. The van der Waals surface area contributed by atoms with Crippen LogP contribution in [-0.2, 0) is 4.79 Å². The zero-order chi connectivity index (χ0) is 13.8. The van der Waals surface area contributed by atoms with Crippen molar-refractivity contribution in [2.45, 2.75) is 32.1 Å². The molecular formula is C16H23N3O. The van der Waals surface area contributed by atoms with E-state index in [0.717, 1.165) is 32.6 Å². The van der Waals surface area contributed by atoms with Gasteiger partial charge in [0, 0.05) is 50.7 Å². The number of carbonyl (C=O) groups excluding carboxylic acids is 1. The van der Waals surface area contributed by atoms with Crippen molar-refractivity contribution in [1.29, 1.82) is 0 Å². The van der Waals surface area contributed by atoms with E-state index in [0.29, 0.717) is 11.8 Å². The third kappa shape index (κ3) is 3.11. The molecule has 1 aromatic heterocycles. The first-order chi connectivity index (χ1) is 9.83. The van der Waals surface area contributed by atoms with Gasteiger partial charge in [-0.1, -0.05) is 12.8 Å². The predicted molar refractivity (Wildman–Crippen MR) is 79.6 cm³/mol. The summed E-state index contributed by atoms with van der Waals surface area (Å²) in [5, 5.41) is 0. The van der Waals surface area contributed by atoms with Crippen LogP contribution in [0.4, 0.5) is 5.69 Å². The summed E-state index contributed by atoms with van der Waals surface area (Å²) in [6.07, 6.45) is 9.56. The Morgan fingerprint density at radius 3 is 2.40 bits per heavy atom. The number of pyridine rings is 1. The number of amides is 1. The first-order valence-electron chi connectivity index (χ1n) is 7.75. The standard InChI is InChI=1S/C16H23N3O/c20-16(13-14-3-1-2-4-14)19-11-9-18(10-12-19)15-5-7-17-8-6-15/h5-8,14H,1-4,9-13H2. The highest BCUT2D eigenvalue weighted by Crippen LogP contribution is 2.28. The van der Waals surface area contributed by atoms with Gasteiger partial charge in [0.25, 0.3) is 0 Å². The molecule has 3 rings (SSSR count). The van der Waals surface area contributed by atoms with Crippen molar-refractivity contribution in [3.8, 4) is 0 Å². The second-order valence-electron chi connectivity index (χ2n) is 5.93. The fourth-order valence-electron chi connectivity index (χ4n) is 3.36. The van der Waals surface area contributed by atoms with Gasteiger partial charge in [-0.25, -0.2) is 0 Å². The lowest BCUT2D eigenvalue weighted by Crippen LogP contribution is -2.49. The van der Waals surface area contributed by atoms with Crippen molar-refractivity contribution < 1.29 is 4.79 Å². The SMILES string of the molecule is O=C(CC1CCCC1)N1CCN(c2ccncc2)CC1. The van der Waals surface area contributed by atoms with E-state index in [1.165, 1.54) is 31.4 Å². The fourth-order valence-corrected chi connectivity index (χ4v) is 3.36. The van der Waals surface area contributed by atoms with Gasteiger partial charge in [-0.15, -0.1) is 0 Å². The summed E-state index contributed by atoms with van der Waals surface area (Å²) >= 11 is 0. The van der Waals surface area contributed by atoms with Gasteiger partial charge in [-0.05, 0) is 30.9 Å². The van der Waals surface area contributed by atoms with E-state index < -0.39 is 0 Å². The number of hydrogen-bond acceptors (Lipinski definition) is 3. The minimum atomic E-state index is 0.367. The zero-order valence-electron chi connectivity index (χ0n) is 12.0. The van der Waals surface area contributed by atoms with Gasteiger partial charge in [0.15, 0.2) is 0 Å². The molecular weight excluding hydrogens is 250 g/mol. The summed E-state index contributed by atoms with van der Waals surface area (Å²) in [6.45, 7) is 3.57. The van der Waals surface area contributed by atoms with Crippen LogP contribution < -0.4 is 4.90 Å². The highest BCUT2D eigenvalue weighted by Gasteiger charge is 2.25. The molecule has 2 fully saturated rings. The molecule has 1 amide bonds. The molecule has 0 N–H and O–H groups in total. The maximum atomic E-state index is 12.3. The third-order valence-electron chi connectivity index (χ3n) is 4.60. The van der Waals surface area contributed by atoms with Crippen LogP contribution in [0.25, 0.3) is 0 Å². The Morgan fingerprint density at radius 2 is 1.75 bits per heavy atom. The lowest BCUT2D eigenvalue weighted by molar-refractivity contribution is -0.132. The first-order valence-corrected chi connectivity index (χ1v) is 7.75. The van der Waals surface area contributed by atoms with Crippen LogP contribution in [0.3, 0.4) is 0 Å². The Labute approximate surface area is 120 Å². The molecule has 0 unspecified atom stereocenters. The Bertz CT molecular complexity index is 434. The van der Waals surface area contributed by atoms with Crippen LogP contribution in [0.2, 0.25) is 0 Å². The summed E-state index contributed by atoms with van der Waals surface area (Å²) in [5.74, 6) is 1.02. The Hall–Kier alpha value is -1.58.